The molecular formula is C19H24F3N3. The maximum atomic E-state index is 13.1. The quantitative estimate of drug-likeness (QED) is 0.725. The lowest BCUT2D eigenvalue weighted by Crippen LogP contribution is -2.16. The Morgan fingerprint density at radius 2 is 1.80 bits per heavy atom. The Morgan fingerprint density at radius 1 is 1.04 bits per heavy atom. The summed E-state index contributed by atoms with van der Waals surface area (Å²) in [6.07, 6.45) is 6.93. The van der Waals surface area contributed by atoms with Gasteiger partial charge in [-0.25, -0.2) is 0 Å². The van der Waals surface area contributed by atoms with Crippen molar-refractivity contribution in [1.29, 1.82) is 0 Å². The number of alkyl halides is 3. The second-order valence-electron chi connectivity index (χ2n) is 6.87. The van der Waals surface area contributed by atoms with Gasteiger partial charge < -0.3 is 5.32 Å². The van der Waals surface area contributed by atoms with Gasteiger partial charge in [-0.2, -0.15) is 13.2 Å². The van der Waals surface area contributed by atoms with Crippen LogP contribution >= 0.6 is 0 Å². The summed E-state index contributed by atoms with van der Waals surface area (Å²) in [6.45, 7) is 0.854. The molecule has 1 saturated carbocycles. The highest BCUT2D eigenvalue weighted by Crippen LogP contribution is 2.37. The molecule has 25 heavy (non-hydrogen) atoms. The van der Waals surface area contributed by atoms with Crippen molar-refractivity contribution in [2.24, 2.45) is 5.92 Å². The van der Waals surface area contributed by atoms with Crippen molar-refractivity contribution in [2.75, 3.05) is 11.9 Å². The zero-order chi connectivity index (χ0) is 17.7. The minimum atomic E-state index is -4.36. The van der Waals surface area contributed by atoms with Crippen molar-refractivity contribution in [3.63, 3.8) is 0 Å². The number of allylic oxidation sites excluding steroid dienone is 4. The topological polar surface area (TPSA) is 37.8 Å². The molecule has 3 rings (SSSR count). The van der Waals surface area contributed by atoms with E-state index in [1.807, 2.05) is 0 Å². The van der Waals surface area contributed by atoms with E-state index in [2.05, 4.69) is 15.5 Å². The summed E-state index contributed by atoms with van der Waals surface area (Å²) < 4.78 is 39.4. The molecule has 0 bridgehead atoms. The van der Waals surface area contributed by atoms with Crippen LogP contribution in [0.15, 0.2) is 29.9 Å². The van der Waals surface area contributed by atoms with Gasteiger partial charge in [0.05, 0.1) is 11.3 Å². The third-order valence-corrected chi connectivity index (χ3v) is 5.00. The zero-order valence-electron chi connectivity index (χ0n) is 14.3. The van der Waals surface area contributed by atoms with Crippen molar-refractivity contribution < 1.29 is 13.2 Å². The van der Waals surface area contributed by atoms with Crippen LogP contribution in [0.2, 0.25) is 0 Å². The van der Waals surface area contributed by atoms with E-state index in [9.17, 15) is 13.2 Å². The van der Waals surface area contributed by atoms with Gasteiger partial charge in [0, 0.05) is 6.54 Å². The Morgan fingerprint density at radius 3 is 2.44 bits per heavy atom. The molecule has 1 aromatic rings. The summed E-state index contributed by atoms with van der Waals surface area (Å²) in [5, 5.41) is 11.4. The molecule has 2 aliphatic rings. The Kier molecular flexibility index (Phi) is 5.76. The number of hydrogen-bond acceptors (Lipinski definition) is 3. The normalized spacial score (nSPS) is 19.8. The average molecular weight is 351 g/mol. The summed E-state index contributed by atoms with van der Waals surface area (Å²) in [5.74, 6) is 1.28. The van der Waals surface area contributed by atoms with E-state index < -0.39 is 11.7 Å². The van der Waals surface area contributed by atoms with Crippen LogP contribution in [0.25, 0.3) is 5.57 Å². The fourth-order valence-electron chi connectivity index (χ4n) is 3.60. The average Bonchev–Trinajstić information content (AvgIpc) is 2.88. The fraction of sp³-hybridized carbons (Fsp3) is 0.579. The van der Waals surface area contributed by atoms with Gasteiger partial charge in [-0.05, 0) is 49.3 Å². The summed E-state index contributed by atoms with van der Waals surface area (Å²) in [5.41, 5.74) is -0.0540. The standard InChI is InChI=1S/C19H24F3N3/c20-19(21,22)16-10-6-5-9-15(16)17-11-12-18(25-24-17)23-13-14-7-3-1-2-4-8-14/h6,10-12,14H,1-5,7-9,13H2,(H,23,25). The number of aromatic nitrogens is 2. The molecule has 136 valence electrons. The maximum Gasteiger partial charge on any atom is 0.416 e. The van der Waals surface area contributed by atoms with Crippen LogP contribution in [-0.4, -0.2) is 22.9 Å². The van der Waals surface area contributed by atoms with Crippen molar-refractivity contribution in [3.8, 4) is 0 Å². The van der Waals surface area contributed by atoms with Crippen LogP contribution in [0.4, 0.5) is 19.0 Å². The monoisotopic (exact) mass is 351 g/mol. The highest BCUT2D eigenvalue weighted by atomic mass is 19.4. The number of rotatable bonds is 4. The largest absolute Gasteiger partial charge is 0.416 e. The molecule has 0 radical (unpaired) electrons. The first-order valence-corrected chi connectivity index (χ1v) is 9.09. The lowest BCUT2D eigenvalue weighted by Gasteiger charge is -2.18. The number of hydrogen-bond donors (Lipinski definition) is 1. The van der Waals surface area contributed by atoms with Gasteiger partial charge in [-0.1, -0.05) is 37.8 Å². The van der Waals surface area contributed by atoms with Gasteiger partial charge >= 0.3 is 6.18 Å². The molecule has 3 nitrogen and oxygen atoms in total. The molecule has 0 aromatic carbocycles. The van der Waals surface area contributed by atoms with Gasteiger partial charge in [0.25, 0.3) is 0 Å². The second kappa shape index (κ2) is 8.02. The number of halogens is 3. The molecular weight excluding hydrogens is 327 g/mol. The molecule has 6 heteroatoms. The third kappa shape index (κ3) is 4.83. The first kappa shape index (κ1) is 18.0. The second-order valence-corrected chi connectivity index (χ2v) is 6.87. The maximum absolute atomic E-state index is 13.1. The summed E-state index contributed by atoms with van der Waals surface area (Å²) in [7, 11) is 0. The van der Waals surface area contributed by atoms with E-state index in [0.29, 0.717) is 30.3 Å². The summed E-state index contributed by atoms with van der Waals surface area (Å²) in [4.78, 5) is 0. The first-order chi connectivity index (χ1) is 12.0. The van der Waals surface area contributed by atoms with E-state index in [0.717, 1.165) is 12.6 Å². The van der Waals surface area contributed by atoms with Crippen LogP contribution in [0.5, 0.6) is 0 Å². The van der Waals surface area contributed by atoms with Crippen LogP contribution in [0.3, 0.4) is 0 Å². The Bertz CT molecular complexity index is 624. The number of nitrogens with zero attached hydrogens (tertiary/aromatic N) is 2. The van der Waals surface area contributed by atoms with Gasteiger partial charge in [0.1, 0.15) is 5.82 Å². The Balaban J connectivity index is 1.67. The van der Waals surface area contributed by atoms with Gasteiger partial charge in [0.15, 0.2) is 0 Å². The van der Waals surface area contributed by atoms with Crippen LogP contribution < -0.4 is 5.32 Å². The van der Waals surface area contributed by atoms with Gasteiger partial charge in [-0.15, -0.1) is 10.2 Å². The minimum absolute atomic E-state index is 0.234. The summed E-state index contributed by atoms with van der Waals surface area (Å²) in [6, 6.07) is 3.38. The molecule has 0 atom stereocenters. The van der Waals surface area contributed by atoms with Crippen LogP contribution in [-0.2, 0) is 0 Å². The van der Waals surface area contributed by atoms with Crippen LogP contribution in [0.1, 0.15) is 57.1 Å². The molecule has 0 unspecified atom stereocenters. The van der Waals surface area contributed by atoms with Crippen molar-refractivity contribution in [1.82, 2.24) is 10.2 Å². The lowest BCUT2D eigenvalue weighted by atomic mass is 9.94. The molecule has 1 fully saturated rings. The van der Waals surface area contributed by atoms with E-state index in [-0.39, 0.29) is 5.57 Å². The smallest absolute Gasteiger partial charge is 0.368 e. The summed E-state index contributed by atoms with van der Waals surface area (Å²) >= 11 is 0. The highest BCUT2D eigenvalue weighted by Gasteiger charge is 2.36. The lowest BCUT2D eigenvalue weighted by molar-refractivity contribution is -0.0879. The van der Waals surface area contributed by atoms with Crippen molar-refractivity contribution in [2.45, 2.75) is 57.5 Å². The molecule has 1 heterocycles. The molecule has 2 aliphatic carbocycles. The Labute approximate surface area is 146 Å². The van der Waals surface area contributed by atoms with E-state index in [1.54, 1.807) is 18.2 Å². The van der Waals surface area contributed by atoms with Crippen LogP contribution in [0, 0.1) is 5.92 Å². The van der Waals surface area contributed by atoms with Crippen molar-refractivity contribution >= 4 is 11.4 Å². The molecule has 1 N–H and O–H groups in total. The predicted octanol–water partition coefficient (Wildman–Crippen LogP) is 5.52. The van der Waals surface area contributed by atoms with E-state index >= 15 is 0 Å². The highest BCUT2D eigenvalue weighted by molar-refractivity contribution is 5.71. The molecule has 1 aromatic heterocycles. The SMILES string of the molecule is FC(F)(F)C1=C(c2ccc(NCC3CCCCCC3)nn2)CCC=C1. The zero-order valence-corrected chi connectivity index (χ0v) is 14.3. The fourth-order valence-corrected chi connectivity index (χ4v) is 3.60. The third-order valence-electron chi connectivity index (χ3n) is 5.00. The molecule has 0 saturated heterocycles. The number of nitrogens with one attached hydrogen (secondary N) is 1. The molecule has 0 spiro atoms. The predicted molar refractivity (Wildman–Crippen MR) is 93.1 cm³/mol. The first-order valence-electron chi connectivity index (χ1n) is 9.09. The van der Waals surface area contributed by atoms with Gasteiger partial charge in [-0.3, -0.25) is 0 Å². The molecule has 0 aliphatic heterocycles. The molecule has 0 amide bonds. The van der Waals surface area contributed by atoms with E-state index in [1.165, 1.54) is 38.5 Å². The van der Waals surface area contributed by atoms with E-state index in [4.69, 9.17) is 0 Å². The number of anilines is 1. The van der Waals surface area contributed by atoms with Gasteiger partial charge in [0.2, 0.25) is 0 Å². The van der Waals surface area contributed by atoms with Crippen molar-refractivity contribution in [3.05, 3.63) is 35.6 Å². The Hall–Kier alpha value is -1.85. The minimum Gasteiger partial charge on any atom is -0.368 e.